The van der Waals surface area contributed by atoms with Crippen molar-refractivity contribution in [1.29, 1.82) is 0 Å². The highest BCUT2D eigenvalue weighted by Gasteiger charge is 2.23. The standard InChI is InChI=1S/C9H9N5O3S/c1-4-3-17-9(11-4)18-7-6(14(15)16)5(2)12-8(10)13-7/h3H,1-2H3,(H2,10,12,13). The molecule has 0 atom stereocenters. The first kappa shape index (κ1) is 12.3. The van der Waals surface area contributed by atoms with Crippen molar-refractivity contribution >= 4 is 23.4 Å². The lowest BCUT2D eigenvalue weighted by Crippen LogP contribution is -2.04. The van der Waals surface area contributed by atoms with Gasteiger partial charge in [-0.2, -0.15) is 4.98 Å². The van der Waals surface area contributed by atoms with Crippen molar-refractivity contribution in [2.45, 2.75) is 24.1 Å². The minimum atomic E-state index is -0.549. The Morgan fingerprint density at radius 3 is 2.67 bits per heavy atom. The maximum atomic E-state index is 11.0. The number of nitrogens with zero attached hydrogens (tertiary/aromatic N) is 4. The van der Waals surface area contributed by atoms with Gasteiger partial charge in [0.15, 0.2) is 5.03 Å². The third-order valence-electron chi connectivity index (χ3n) is 2.01. The summed E-state index contributed by atoms with van der Waals surface area (Å²) in [5, 5.41) is 11.4. The van der Waals surface area contributed by atoms with Gasteiger partial charge in [0.05, 0.1) is 10.6 Å². The number of oxazole rings is 1. The third-order valence-corrected chi connectivity index (χ3v) is 2.85. The van der Waals surface area contributed by atoms with Gasteiger partial charge in [-0.25, -0.2) is 9.97 Å². The Morgan fingerprint density at radius 2 is 2.11 bits per heavy atom. The molecule has 0 bridgehead atoms. The molecule has 8 nitrogen and oxygen atoms in total. The van der Waals surface area contributed by atoms with Crippen molar-refractivity contribution < 1.29 is 9.34 Å². The van der Waals surface area contributed by atoms with Gasteiger partial charge < -0.3 is 10.2 Å². The van der Waals surface area contributed by atoms with Crippen LogP contribution in [0.5, 0.6) is 0 Å². The number of nitrogens with two attached hydrogens (primary N) is 1. The minimum absolute atomic E-state index is 0.0242. The van der Waals surface area contributed by atoms with Crippen LogP contribution in [0.3, 0.4) is 0 Å². The molecule has 0 unspecified atom stereocenters. The largest absolute Gasteiger partial charge is 0.439 e. The predicted octanol–water partition coefficient (Wildman–Crippen LogP) is 1.72. The van der Waals surface area contributed by atoms with E-state index < -0.39 is 4.92 Å². The Labute approximate surface area is 106 Å². The lowest BCUT2D eigenvalue weighted by atomic mass is 10.4. The molecule has 0 amide bonds. The van der Waals surface area contributed by atoms with Crippen LogP contribution in [0.1, 0.15) is 11.4 Å². The molecule has 94 valence electrons. The lowest BCUT2D eigenvalue weighted by Gasteiger charge is -2.02. The molecule has 2 N–H and O–H groups in total. The van der Waals surface area contributed by atoms with Crippen LogP contribution in [-0.2, 0) is 0 Å². The summed E-state index contributed by atoms with van der Waals surface area (Å²) in [5.41, 5.74) is 6.17. The van der Waals surface area contributed by atoms with Crippen LogP contribution in [-0.4, -0.2) is 19.9 Å². The van der Waals surface area contributed by atoms with Crippen LogP contribution in [0, 0.1) is 24.0 Å². The van der Waals surface area contributed by atoms with E-state index in [1.807, 2.05) is 0 Å². The minimum Gasteiger partial charge on any atom is -0.439 e. The van der Waals surface area contributed by atoms with E-state index in [1.165, 1.54) is 13.2 Å². The number of nitrogen functional groups attached to an aromatic ring is 1. The van der Waals surface area contributed by atoms with E-state index in [0.29, 0.717) is 5.69 Å². The topological polar surface area (TPSA) is 121 Å². The molecule has 2 rings (SSSR count). The SMILES string of the molecule is Cc1coc(Sc2nc(N)nc(C)c2[N+](=O)[O-])n1. The van der Waals surface area contributed by atoms with Gasteiger partial charge >= 0.3 is 5.69 Å². The summed E-state index contributed by atoms with van der Waals surface area (Å²) >= 11 is 0.941. The summed E-state index contributed by atoms with van der Waals surface area (Å²) in [4.78, 5) is 22.1. The quantitative estimate of drug-likeness (QED) is 0.506. The molecular weight excluding hydrogens is 258 g/mol. The molecular formula is C9H9N5O3S. The number of hydrogen-bond donors (Lipinski definition) is 1. The van der Waals surface area contributed by atoms with E-state index in [1.54, 1.807) is 6.92 Å². The van der Waals surface area contributed by atoms with E-state index in [9.17, 15) is 10.1 Å². The van der Waals surface area contributed by atoms with Gasteiger partial charge in [-0.3, -0.25) is 10.1 Å². The number of anilines is 1. The second kappa shape index (κ2) is 4.61. The van der Waals surface area contributed by atoms with Crippen molar-refractivity contribution in [3.8, 4) is 0 Å². The van der Waals surface area contributed by atoms with Crippen LogP contribution >= 0.6 is 11.8 Å². The fourth-order valence-electron chi connectivity index (χ4n) is 1.30. The monoisotopic (exact) mass is 267 g/mol. The molecule has 0 saturated carbocycles. The maximum absolute atomic E-state index is 11.0. The summed E-state index contributed by atoms with van der Waals surface area (Å²) in [6.07, 6.45) is 1.45. The van der Waals surface area contributed by atoms with Gasteiger partial charge in [0, 0.05) is 0 Å². The van der Waals surface area contributed by atoms with Gasteiger partial charge in [0.25, 0.3) is 5.22 Å². The normalized spacial score (nSPS) is 10.6. The van der Waals surface area contributed by atoms with Crippen molar-refractivity contribution in [2.75, 3.05) is 5.73 Å². The highest BCUT2D eigenvalue weighted by atomic mass is 32.2. The zero-order valence-electron chi connectivity index (χ0n) is 9.58. The van der Waals surface area contributed by atoms with E-state index in [2.05, 4.69) is 15.0 Å². The van der Waals surface area contributed by atoms with E-state index in [-0.39, 0.29) is 27.6 Å². The molecule has 2 aromatic heterocycles. The summed E-state index contributed by atoms with van der Waals surface area (Å²) in [5.74, 6) is -0.0242. The van der Waals surface area contributed by atoms with Crippen molar-refractivity contribution in [2.24, 2.45) is 0 Å². The Bertz CT molecular complexity index is 612. The van der Waals surface area contributed by atoms with Gasteiger partial charge in [-0.1, -0.05) is 0 Å². The van der Waals surface area contributed by atoms with Crippen LogP contribution in [0.15, 0.2) is 20.9 Å². The first-order valence-corrected chi connectivity index (χ1v) is 5.67. The summed E-state index contributed by atoms with van der Waals surface area (Å²) in [6.45, 7) is 3.25. The first-order chi connectivity index (χ1) is 8.47. The number of rotatable bonds is 3. The number of nitro groups is 1. The number of aromatic nitrogens is 3. The molecule has 0 aliphatic carbocycles. The number of aryl methyl sites for hydroxylation is 2. The molecule has 0 radical (unpaired) electrons. The van der Waals surface area contributed by atoms with E-state index >= 15 is 0 Å². The zero-order valence-corrected chi connectivity index (χ0v) is 10.4. The predicted molar refractivity (Wildman–Crippen MR) is 63.2 cm³/mol. The van der Waals surface area contributed by atoms with Gasteiger partial charge in [-0.15, -0.1) is 0 Å². The van der Waals surface area contributed by atoms with Crippen LogP contribution in [0.2, 0.25) is 0 Å². The Kier molecular flexibility index (Phi) is 3.15. The second-order valence-corrected chi connectivity index (χ2v) is 4.38. The van der Waals surface area contributed by atoms with Crippen molar-refractivity contribution in [3.05, 3.63) is 27.8 Å². The highest BCUT2D eigenvalue weighted by molar-refractivity contribution is 7.99. The molecule has 0 aliphatic rings. The molecule has 0 aromatic carbocycles. The zero-order chi connectivity index (χ0) is 13.3. The smallest absolute Gasteiger partial charge is 0.323 e. The summed E-state index contributed by atoms with van der Waals surface area (Å²) < 4.78 is 5.11. The average Bonchev–Trinajstić information content (AvgIpc) is 2.62. The summed E-state index contributed by atoms with van der Waals surface area (Å²) in [7, 11) is 0. The van der Waals surface area contributed by atoms with Gasteiger partial charge in [-0.05, 0) is 25.6 Å². The fourth-order valence-corrected chi connectivity index (χ4v) is 2.21. The molecule has 0 spiro atoms. The van der Waals surface area contributed by atoms with Crippen molar-refractivity contribution in [3.63, 3.8) is 0 Å². The molecule has 18 heavy (non-hydrogen) atoms. The van der Waals surface area contributed by atoms with E-state index in [0.717, 1.165) is 11.8 Å². The molecule has 2 aromatic rings. The van der Waals surface area contributed by atoms with Crippen LogP contribution in [0.4, 0.5) is 11.6 Å². The Balaban J connectivity index is 2.45. The van der Waals surface area contributed by atoms with Crippen LogP contribution in [0.25, 0.3) is 0 Å². The lowest BCUT2D eigenvalue weighted by molar-refractivity contribution is -0.389. The molecule has 0 fully saturated rings. The second-order valence-electron chi connectivity index (χ2n) is 3.43. The highest BCUT2D eigenvalue weighted by Crippen LogP contribution is 2.34. The van der Waals surface area contributed by atoms with Crippen LogP contribution < -0.4 is 5.73 Å². The van der Waals surface area contributed by atoms with Gasteiger partial charge in [0.1, 0.15) is 12.0 Å². The molecule has 0 aliphatic heterocycles. The number of hydrogen-bond acceptors (Lipinski definition) is 8. The van der Waals surface area contributed by atoms with Gasteiger partial charge in [0.2, 0.25) is 5.95 Å². The fraction of sp³-hybridized carbons (Fsp3) is 0.222. The maximum Gasteiger partial charge on any atom is 0.323 e. The Morgan fingerprint density at radius 1 is 1.39 bits per heavy atom. The van der Waals surface area contributed by atoms with E-state index in [4.69, 9.17) is 10.2 Å². The third kappa shape index (κ3) is 2.40. The first-order valence-electron chi connectivity index (χ1n) is 4.86. The average molecular weight is 267 g/mol. The molecule has 9 heteroatoms. The summed E-state index contributed by atoms with van der Waals surface area (Å²) in [6, 6.07) is 0. The Hall–Kier alpha value is -2.16. The van der Waals surface area contributed by atoms with Crippen molar-refractivity contribution in [1.82, 2.24) is 15.0 Å². The molecule has 0 saturated heterocycles. The molecule has 2 heterocycles.